The number of guanidine groups is 1. The Morgan fingerprint density at radius 3 is 1.77 bits per heavy atom. The minimum atomic E-state index is -1.16. The van der Waals surface area contributed by atoms with Crippen LogP contribution in [0.15, 0.2) is 97.1 Å². The molecule has 0 unspecified atom stereocenters. The highest BCUT2D eigenvalue weighted by atomic mass is 35.5. The molecule has 0 spiro atoms. The maximum atomic E-state index is 14.5. The average Bonchev–Trinajstić information content (AvgIpc) is 3.36. The number of rotatable bonds is 27. The fourth-order valence-corrected chi connectivity index (χ4v) is 8.36. The van der Waals surface area contributed by atoms with Gasteiger partial charge in [0.05, 0.1) is 6.61 Å². The van der Waals surface area contributed by atoms with E-state index in [0.29, 0.717) is 60.4 Å². The molecule has 4 amide bonds. The number of amides is 4. The van der Waals surface area contributed by atoms with E-state index in [0.717, 1.165) is 39.1 Å². The molecule has 0 aromatic heterocycles. The van der Waals surface area contributed by atoms with E-state index in [1.165, 1.54) is 0 Å². The van der Waals surface area contributed by atoms with Crippen molar-refractivity contribution in [2.75, 3.05) is 33.4 Å². The van der Waals surface area contributed by atoms with Gasteiger partial charge in [-0.3, -0.25) is 19.8 Å². The highest BCUT2D eigenvalue weighted by Crippen LogP contribution is 2.45. The molecule has 5 aromatic rings. The van der Waals surface area contributed by atoms with Crippen LogP contribution >= 0.6 is 11.6 Å². The summed E-state index contributed by atoms with van der Waals surface area (Å²) in [6.45, 7) is 14.0. The van der Waals surface area contributed by atoms with E-state index in [1.54, 1.807) is 52.1 Å². The van der Waals surface area contributed by atoms with Gasteiger partial charge >= 0.3 is 12.1 Å². The normalized spacial score (nSPS) is 12.6. The molecule has 0 aliphatic rings. The molecule has 5 aromatic carbocycles. The first-order chi connectivity index (χ1) is 35.8. The predicted octanol–water partition coefficient (Wildman–Crippen LogP) is 9.58. The molecule has 17 heteroatoms. The van der Waals surface area contributed by atoms with E-state index in [1.807, 2.05) is 86.6 Å². The topological polar surface area (TPSA) is 218 Å². The Balaban J connectivity index is 1.40. The standard InChI is InChI=1S/C58H76ClN7O9/c1-37(2)30-33-72-48-28-24-40-16-9-11-18-43(40)51(48)52-44-19-12-10-17-41(44)25-29-49(52)73-36-50(67)64-45(20-13-14-31-63-57(71)75-58(5,6)7)53(68)65-46(21-15-32-62-56(60)61-8)54(69)66-47(34-38(3)4)55(70)74-35-39-22-26-42(59)27-23-39/h9-12,16-19,22-29,37-38,45-47H,13-15,20-21,30-36H2,1-8H3,(H,63,71)(H,64,67)(H,65,68)(H,66,69)(H3,60,61,62)/t45-,46-,47+/m1/s1. The van der Waals surface area contributed by atoms with Crippen LogP contribution < -0.4 is 41.4 Å². The Labute approximate surface area is 446 Å². The summed E-state index contributed by atoms with van der Waals surface area (Å²) in [5.41, 5.74) is 1.60. The zero-order valence-electron chi connectivity index (χ0n) is 44.7. The van der Waals surface area contributed by atoms with Gasteiger partial charge in [-0.1, -0.05) is 112 Å². The summed E-state index contributed by atoms with van der Waals surface area (Å²) in [5.74, 6) is -0.900. The summed E-state index contributed by atoms with van der Waals surface area (Å²) in [4.78, 5) is 69.0. The lowest BCUT2D eigenvalue weighted by atomic mass is 9.92. The van der Waals surface area contributed by atoms with E-state index < -0.39 is 60.1 Å². The molecule has 0 aliphatic carbocycles. The summed E-state index contributed by atoms with van der Waals surface area (Å²) < 4.78 is 24.0. The first-order valence-electron chi connectivity index (χ1n) is 25.9. The summed E-state index contributed by atoms with van der Waals surface area (Å²) in [6.07, 6.45) is 1.93. The van der Waals surface area contributed by atoms with Gasteiger partial charge in [0.1, 0.15) is 41.8 Å². The molecular formula is C58H76ClN7O9. The minimum Gasteiger partial charge on any atom is -0.493 e. The van der Waals surface area contributed by atoms with Gasteiger partial charge in [-0.2, -0.15) is 0 Å². The number of ether oxygens (including phenoxy) is 4. The van der Waals surface area contributed by atoms with Crippen LogP contribution in [0.1, 0.15) is 99.0 Å². The zero-order valence-corrected chi connectivity index (χ0v) is 45.4. The lowest BCUT2D eigenvalue weighted by molar-refractivity contribution is -0.150. The average molecular weight is 1050 g/mol. The predicted molar refractivity (Wildman–Crippen MR) is 296 cm³/mol. The van der Waals surface area contributed by atoms with E-state index >= 15 is 0 Å². The Bertz CT molecular complexity index is 2710. The summed E-state index contributed by atoms with van der Waals surface area (Å²) >= 11 is 6.05. The van der Waals surface area contributed by atoms with Crippen molar-refractivity contribution in [2.24, 2.45) is 11.8 Å². The van der Waals surface area contributed by atoms with Crippen LogP contribution in [0.3, 0.4) is 0 Å². The number of unbranched alkanes of at least 4 members (excludes halogenated alkanes) is 1. The number of alkyl carbamates (subject to hydrolysis) is 1. The third kappa shape index (κ3) is 19.3. The number of halogens is 1. The maximum Gasteiger partial charge on any atom is 0.407 e. The van der Waals surface area contributed by atoms with Gasteiger partial charge < -0.3 is 50.8 Å². The molecule has 0 bridgehead atoms. The van der Waals surface area contributed by atoms with Crippen molar-refractivity contribution in [2.45, 2.75) is 124 Å². The molecule has 0 fully saturated rings. The first kappa shape index (κ1) is 58.8. The van der Waals surface area contributed by atoms with Crippen LogP contribution in [0.4, 0.5) is 4.79 Å². The number of hydrogen-bond donors (Lipinski definition) is 7. The van der Waals surface area contributed by atoms with E-state index in [2.05, 4.69) is 45.7 Å². The minimum absolute atomic E-state index is 0.0161. The van der Waals surface area contributed by atoms with Crippen LogP contribution in [0.2, 0.25) is 5.02 Å². The highest BCUT2D eigenvalue weighted by molar-refractivity contribution is 6.30. The van der Waals surface area contributed by atoms with Crippen molar-refractivity contribution in [3.63, 3.8) is 0 Å². The van der Waals surface area contributed by atoms with Crippen LogP contribution in [0, 0.1) is 17.2 Å². The largest absolute Gasteiger partial charge is 0.493 e. The maximum absolute atomic E-state index is 14.5. The monoisotopic (exact) mass is 1050 g/mol. The number of nitrogens with one attached hydrogen (secondary N) is 7. The van der Waals surface area contributed by atoms with Crippen molar-refractivity contribution in [1.29, 1.82) is 5.41 Å². The molecule has 75 heavy (non-hydrogen) atoms. The Kier molecular flexibility index (Phi) is 22.8. The molecule has 3 atom stereocenters. The Morgan fingerprint density at radius 2 is 1.19 bits per heavy atom. The van der Waals surface area contributed by atoms with Crippen molar-refractivity contribution in [3.05, 3.63) is 108 Å². The molecule has 0 heterocycles. The van der Waals surface area contributed by atoms with E-state index in [9.17, 15) is 24.0 Å². The second kappa shape index (κ2) is 29.1. The summed E-state index contributed by atoms with van der Waals surface area (Å²) in [6, 6.07) is 27.3. The van der Waals surface area contributed by atoms with Gasteiger partial charge in [-0.05, 0) is 129 Å². The van der Waals surface area contributed by atoms with Crippen molar-refractivity contribution < 1.29 is 42.9 Å². The van der Waals surface area contributed by atoms with Gasteiger partial charge in [0.25, 0.3) is 5.91 Å². The third-order valence-corrected chi connectivity index (χ3v) is 12.3. The molecule has 0 aliphatic heterocycles. The van der Waals surface area contributed by atoms with Gasteiger partial charge in [-0.15, -0.1) is 0 Å². The number of carbonyl (C=O) groups is 5. The fourth-order valence-electron chi connectivity index (χ4n) is 8.23. The van der Waals surface area contributed by atoms with Crippen LogP contribution in [0.5, 0.6) is 11.5 Å². The number of carbonyl (C=O) groups excluding carboxylic acids is 5. The second-order valence-electron chi connectivity index (χ2n) is 20.4. The molecule has 0 saturated carbocycles. The van der Waals surface area contributed by atoms with Gasteiger partial charge in [0, 0.05) is 36.3 Å². The third-order valence-electron chi connectivity index (χ3n) is 12.0. The molecule has 16 nitrogen and oxygen atoms in total. The molecule has 7 N–H and O–H groups in total. The second-order valence-corrected chi connectivity index (χ2v) is 20.8. The highest BCUT2D eigenvalue weighted by Gasteiger charge is 2.31. The quantitative estimate of drug-likeness (QED) is 0.0114. The number of hydrogen-bond acceptors (Lipinski definition) is 10. The first-order valence-corrected chi connectivity index (χ1v) is 26.3. The van der Waals surface area contributed by atoms with E-state index in [4.69, 9.17) is 36.0 Å². The summed E-state index contributed by atoms with van der Waals surface area (Å²) in [7, 11) is 1.60. The number of benzene rings is 5. The van der Waals surface area contributed by atoms with Gasteiger partial charge in [0.15, 0.2) is 12.6 Å². The van der Waals surface area contributed by atoms with Crippen LogP contribution in [-0.4, -0.2) is 92.8 Å². The fraction of sp³-hybridized carbons (Fsp3) is 0.448. The smallest absolute Gasteiger partial charge is 0.407 e. The van der Waals surface area contributed by atoms with Crippen molar-refractivity contribution >= 4 is 68.9 Å². The molecule has 404 valence electrons. The number of esters is 1. The molecule has 5 rings (SSSR count). The van der Waals surface area contributed by atoms with Crippen molar-refractivity contribution in [1.82, 2.24) is 31.9 Å². The van der Waals surface area contributed by atoms with Gasteiger partial charge in [0.2, 0.25) is 11.8 Å². The van der Waals surface area contributed by atoms with Crippen LogP contribution in [-0.2, 0) is 35.3 Å². The van der Waals surface area contributed by atoms with E-state index in [-0.39, 0.29) is 44.3 Å². The SMILES string of the molecule is CNC(=N)NCCC[C@@H](NC(=O)[C@@H](CCCCNC(=O)OC(C)(C)C)NC(=O)COc1ccc2ccccc2c1-c1c(OCCC(C)C)ccc2ccccc12)C(=O)N[C@@H](CC(C)C)C(=O)OCc1ccc(Cl)cc1. The van der Waals surface area contributed by atoms with Gasteiger partial charge in [-0.25, -0.2) is 9.59 Å². The molecule has 0 radical (unpaired) electrons. The number of fused-ring (bicyclic) bond motifs is 2. The Morgan fingerprint density at radius 1 is 0.627 bits per heavy atom. The lowest BCUT2D eigenvalue weighted by Crippen LogP contribution is -2.56. The zero-order chi connectivity index (χ0) is 54.5. The lowest BCUT2D eigenvalue weighted by Gasteiger charge is -2.26. The molecular weight excluding hydrogens is 974 g/mol. The van der Waals surface area contributed by atoms with Crippen molar-refractivity contribution in [3.8, 4) is 22.6 Å². The van der Waals surface area contributed by atoms with Crippen LogP contribution in [0.25, 0.3) is 32.7 Å². The summed E-state index contributed by atoms with van der Waals surface area (Å²) in [5, 5.41) is 29.2. The molecule has 0 saturated heterocycles. The Hall–Kier alpha value is -7.07.